The van der Waals surface area contributed by atoms with Crippen molar-refractivity contribution in [3.05, 3.63) is 182 Å². The molecule has 2 nitrogen and oxygen atoms in total. The maximum absolute atomic E-state index is 2.51. The van der Waals surface area contributed by atoms with Crippen LogP contribution in [-0.2, 0) is 0 Å². The van der Waals surface area contributed by atoms with Gasteiger partial charge in [0.05, 0.1) is 22.1 Å². The molecule has 0 aliphatic heterocycles. The van der Waals surface area contributed by atoms with E-state index in [4.69, 9.17) is 0 Å². The fourth-order valence-electron chi connectivity index (χ4n) is 7.77. The minimum atomic E-state index is 1.14. The molecular weight excluding hydrogens is 581 g/mol. The van der Waals surface area contributed by atoms with E-state index in [1.54, 1.807) is 0 Å². The van der Waals surface area contributed by atoms with Crippen molar-refractivity contribution < 1.29 is 0 Å². The number of fused-ring (bicyclic) bond motifs is 9. The summed E-state index contributed by atoms with van der Waals surface area (Å²) in [5, 5.41) is 7.55. The van der Waals surface area contributed by atoms with Crippen LogP contribution < -0.4 is 0 Å². The van der Waals surface area contributed by atoms with Crippen molar-refractivity contribution in [2.75, 3.05) is 0 Å². The Morgan fingerprint density at radius 3 is 1.54 bits per heavy atom. The van der Waals surface area contributed by atoms with Crippen LogP contribution in [0.3, 0.4) is 0 Å². The summed E-state index contributed by atoms with van der Waals surface area (Å²) < 4.78 is 4.99. The fraction of sp³-hybridized carbons (Fsp3) is 0. The van der Waals surface area contributed by atoms with E-state index in [-0.39, 0.29) is 0 Å². The zero-order valence-corrected chi connectivity index (χ0v) is 26.2. The van der Waals surface area contributed by atoms with Crippen LogP contribution in [0.2, 0.25) is 0 Å². The maximum Gasteiger partial charge on any atom is 0.0789 e. The van der Waals surface area contributed by atoms with Gasteiger partial charge < -0.3 is 9.13 Å². The van der Waals surface area contributed by atoms with Crippen LogP contribution >= 0.6 is 0 Å². The van der Waals surface area contributed by atoms with Gasteiger partial charge in [0.1, 0.15) is 0 Å². The van der Waals surface area contributed by atoms with Crippen LogP contribution in [0.1, 0.15) is 0 Å². The molecule has 0 saturated heterocycles. The average Bonchev–Trinajstić information content (AvgIpc) is 3.69. The Labute approximate surface area is 278 Å². The molecule has 8 aromatic carbocycles. The summed E-state index contributed by atoms with van der Waals surface area (Å²) in [5.74, 6) is 0. The standard InChI is InChI=1S/C46H30N2/c1-4-14-31(15-5-1)34-28-35(32-16-6-2-7-17-32)30-37(29-34)48-42-23-13-12-22-39(42)40-25-26-41-44-38-21-11-10-18-33(38)24-27-43(44)47(46(41)45(40)48)36-19-8-3-9-20-36/h1-30H. The summed E-state index contributed by atoms with van der Waals surface area (Å²) in [4.78, 5) is 0. The lowest BCUT2D eigenvalue weighted by molar-refractivity contribution is 1.15. The highest BCUT2D eigenvalue weighted by Crippen LogP contribution is 2.44. The second kappa shape index (κ2) is 10.6. The average molecular weight is 611 g/mol. The van der Waals surface area contributed by atoms with E-state index in [0.717, 1.165) is 11.4 Å². The highest BCUT2D eigenvalue weighted by atomic mass is 15.0. The Balaban J connectivity index is 1.42. The molecule has 0 aliphatic rings. The van der Waals surface area contributed by atoms with Crippen LogP contribution in [0.15, 0.2) is 182 Å². The molecule has 0 radical (unpaired) electrons. The van der Waals surface area contributed by atoms with Crippen LogP contribution in [0.4, 0.5) is 0 Å². The lowest BCUT2D eigenvalue weighted by Crippen LogP contribution is -1.99. The summed E-state index contributed by atoms with van der Waals surface area (Å²) in [6, 6.07) is 66.2. The molecule has 0 N–H and O–H groups in total. The number of hydrogen-bond donors (Lipinski definition) is 0. The Kier molecular flexibility index (Phi) is 5.91. The number of hydrogen-bond acceptors (Lipinski definition) is 0. The maximum atomic E-state index is 2.51. The Hall–Kier alpha value is -6.38. The van der Waals surface area contributed by atoms with Gasteiger partial charge >= 0.3 is 0 Å². The normalized spacial score (nSPS) is 11.8. The Morgan fingerprint density at radius 2 is 0.833 bits per heavy atom. The number of rotatable bonds is 4. The van der Waals surface area contributed by atoms with Crippen molar-refractivity contribution in [3.63, 3.8) is 0 Å². The molecule has 0 fully saturated rings. The summed E-state index contributed by atoms with van der Waals surface area (Å²) in [7, 11) is 0. The first-order valence-corrected chi connectivity index (χ1v) is 16.5. The molecule has 0 atom stereocenters. The van der Waals surface area contributed by atoms with Gasteiger partial charge in [0.15, 0.2) is 0 Å². The van der Waals surface area contributed by atoms with Crippen molar-refractivity contribution in [1.29, 1.82) is 0 Å². The smallest absolute Gasteiger partial charge is 0.0789 e. The van der Waals surface area contributed by atoms with Gasteiger partial charge in [-0.25, -0.2) is 0 Å². The van der Waals surface area contributed by atoms with Crippen molar-refractivity contribution >= 4 is 54.4 Å². The molecule has 10 aromatic rings. The molecule has 224 valence electrons. The lowest BCUT2D eigenvalue weighted by Gasteiger charge is -2.15. The van der Waals surface area contributed by atoms with E-state index in [9.17, 15) is 0 Å². The molecule has 0 aliphatic carbocycles. The number of benzene rings is 8. The lowest BCUT2D eigenvalue weighted by atomic mass is 9.98. The summed E-state index contributed by atoms with van der Waals surface area (Å²) in [6.07, 6.45) is 0. The summed E-state index contributed by atoms with van der Waals surface area (Å²) in [6.45, 7) is 0. The SMILES string of the molecule is c1ccc(-c2cc(-c3ccccc3)cc(-n3c4ccccc4c4ccc5c6c7ccccc7ccc6n(-c6ccccc6)c5c43)c2)cc1. The molecule has 2 aromatic heterocycles. The predicted molar refractivity (Wildman–Crippen MR) is 203 cm³/mol. The van der Waals surface area contributed by atoms with Crippen molar-refractivity contribution in [2.24, 2.45) is 0 Å². The van der Waals surface area contributed by atoms with Gasteiger partial charge in [-0.15, -0.1) is 0 Å². The first-order valence-electron chi connectivity index (χ1n) is 16.5. The van der Waals surface area contributed by atoms with Gasteiger partial charge in [-0.05, 0) is 75.5 Å². The molecule has 0 bridgehead atoms. The number of nitrogens with zero attached hydrogens (tertiary/aromatic N) is 2. The molecule has 0 spiro atoms. The first-order chi connectivity index (χ1) is 23.8. The largest absolute Gasteiger partial charge is 0.307 e. The van der Waals surface area contributed by atoms with Crippen molar-refractivity contribution in [2.45, 2.75) is 0 Å². The van der Waals surface area contributed by atoms with E-state index in [0.29, 0.717) is 0 Å². The molecule has 0 saturated carbocycles. The number of para-hydroxylation sites is 2. The van der Waals surface area contributed by atoms with E-state index in [1.807, 2.05) is 0 Å². The molecular formula is C46H30N2. The van der Waals surface area contributed by atoms with E-state index in [1.165, 1.54) is 76.6 Å². The molecule has 0 unspecified atom stereocenters. The second-order valence-electron chi connectivity index (χ2n) is 12.6. The second-order valence-corrected chi connectivity index (χ2v) is 12.6. The molecule has 0 amide bonds. The minimum absolute atomic E-state index is 1.14. The summed E-state index contributed by atoms with van der Waals surface area (Å²) in [5.41, 5.74) is 11.9. The predicted octanol–water partition coefficient (Wildman–Crippen LogP) is 12.4. The molecule has 2 heterocycles. The van der Waals surface area contributed by atoms with Crippen LogP contribution in [0, 0.1) is 0 Å². The zero-order valence-electron chi connectivity index (χ0n) is 26.2. The van der Waals surface area contributed by atoms with Crippen molar-refractivity contribution in [1.82, 2.24) is 9.13 Å². The fourth-order valence-corrected chi connectivity index (χ4v) is 7.77. The van der Waals surface area contributed by atoms with Gasteiger partial charge in [-0.3, -0.25) is 0 Å². The summed E-state index contributed by atoms with van der Waals surface area (Å²) >= 11 is 0. The topological polar surface area (TPSA) is 9.86 Å². The van der Waals surface area contributed by atoms with Gasteiger partial charge in [0.2, 0.25) is 0 Å². The van der Waals surface area contributed by atoms with Crippen LogP contribution in [-0.4, -0.2) is 9.13 Å². The van der Waals surface area contributed by atoms with Gasteiger partial charge in [0, 0.05) is 32.9 Å². The Morgan fingerprint density at radius 1 is 0.292 bits per heavy atom. The third kappa shape index (κ3) is 4.00. The van der Waals surface area contributed by atoms with Gasteiger partial charge in [-0.2, -0.15) is 0 Å². The highest BCUT2D eigenvalue weighted by Gasteiger charge is 2.22. The third-order valence-corrected chi connectivity index (χ3v) is 9.86. The number of aromatic nitrogens is 2. The third-order valence-electron chi connectivity index (χ3n) is 9.86. The Bertz CT molecular complexity index is 2750. The molecule has 10 rings (SSSR count). The van der Waals surface area contributed by atoms with Gasteiger partial charge in [-0.1, -0.05) is 140 Å². The molecule has 48 heavy (non-hydrogen) atoms. The van der Waals surface area contributed by atoms with Gasteiger partial charge in [0.25, 0.3) is 0 Å². The quantitative estimate of drug-likeness (QED) is 0.188. The highest BCUT2D eigenvalue weighted by molar-refractivity contribution is 6.28. The van der Waals surface area contributed by atoms with E-state index >= 15 is 0 Å². The molecule has 2 heteroatoms. The van der Waals surface area contributed by atoms with Crippen molar-refractivity contribution in [3.8, 4) is 33.6 Å². The van der Waals surface area contributed by atoms with Crippen LogP contribution in [0.5, 0.6) is 0 Å². The van der Waals surface area contributed by atoms with Crippen LogP contribution in [0.25, 0.3) is 88.0 Å². The monoisotopic (exact) mass is 610 g/mol. The van der Waals surface area contributed by atoms with E-state index in [2.05, 4.69) is 191 Å². The first kappa shape index (κ1) is 26.8. The van der Waals surface area contributed by atoms with E-state index < -0.39 is 0 Å². The minimum Gasteiger partial charge on any atom is -0.307 e. The zero-order chi connectivity index (χ0) is 31.6.